The number of anilines is 1. The monoisotopic (exact) mass is 348 g/mol. The van der Waals surface area contributed by atoms with Crippen LogP contribution in [-0.4, -0.2) is 20.7 Å². The fourth-order valence-electron chi connectivity index (χ4n) is 2.66. The summed E-state index contributed by atoms with van der Waals surface area (Å²) in [6.45, 7) is 3.92. The number of hydrogen-bond acceptors (Lipinski definition) is 3. The van der Waals surface area contributed by atoms with Crippen LogP contribution in [-0.2, 0) is 20.1 Å². The zero-order valence-corrected chi connectivity index (χ0v) is 14.1. The Kier molecular flexibility index (Phi) is 4.04. The van der Waals surface area contributed by atoms with Gasteiger partial charge in [0.05, 0.1) is 15.9 Å². The summed E-state index contributed by atoms with van der Waals surface area (Å²) in [5.74, 6) is 0. The Labute approximate surface area is 134 Å². The van der Waals surface area contributed by atoms with Crippen LogP contribution < -0.4 is 5.73 Å². The number of halogens is 1. The average molecular weight is 349 g/mol. The first-order chi connectivity index (χ1) is 10.0. The zero-order valence-electron chi connectivity index (χ0n) is 12.5. The molecule has 2 aromatic rings. The van der Waals surface area contributed by atoms with Gasteiger partial charge in [-0.3, -0.25) is 9.58 Å². The first kappa shape index (κ1) is 14.6. The lowest BCUT2D eigenvalue weighted by atomic mass is 10.2. The Bertz CT molecular complexity index is 628. The Balaban J connectivity index is 1.77. The Morgan fingerprint density at radius 2 is 1.95 bits per heavy atom. The molecule has 0 aliphatic heterocycles. The van der Waals surface area contributed by atoms with E-state index in [0.29, 0.717) is 6.04 Å². The molecule has 1 aromatic carbocycles. The second kappa shape index (κ2) is 5.81. The summed E-state index contributed by atoms with van der Waals surface area (Å²) in [5, 5.41) is 4.49. The average Bonchev–Trinajstić information content (AvgIpc) is 3.25. The molecule has 0 saturated heterocycles. The normalized spacial score (nSPS) is 14.9. The van der Waals surface area contributed by atoms with Crippen molar-refractivity contribution in [2.24, 2.45) is 7.05 Å². The molecule has 4 nitrogen and oxygen atoms in total. The van der Waals surface area contributed by atoms with Crippen molar-refractivity contribution in [3.05, 3.63) is 45.7 Å². The maximum Gasteiger partial charge on any atom is 0.0739 e. The maximum atomic E-state index is 5.76. The number of hydrogen-bond donors (Lipinski definition) is 1. The molecule has 1 fully saturated rings. The Morgan fingerprint density at radius 3 is 2.48 bits per heavy atom. The molecule has 0 unspecified atom stereocenters. The van der Waals surface area contributed by atoms with Gasteiger partial charge in [0.1, 0.15) is 0 Å². The highest BCUT2D eigenvalue weighted by Crippen LogP contribution is 2.31. The van der Waals surface area contributed by atoms with Crippen LogP contribution in [0.4, 0.5) is 5.69 Å². The number of rotatable bonds is 5. The van der Waals surface area contributed by atoms with Crippen LogP contribution in [0.15, 0.2) is 28.7 Å². The number of nitrogen functional groups attached to an aromatic ring is 1. The van der Waals surface area contributed by atoms with Crippen molar-refractivity contribution in [3.63, 3.8) is 0 Å². The molecule has 1 aliphatic carbocycles. The summed E-state index contributed by atoms with van der Waals surface area (Å²) in [4.78, 5) is 2.53. The van der Waals surface area contributed by atoms with Crippen molar-refractivity contribution in [2.75, 3.05) is 5.73 Å². The molecule has 5 heteroatoms. The lowest BCUT2D eigenvalue weighted by Crippen LogP contribution is -2.26. The number of aryl methyl sites for hydroxylation is 2. The highest BCUT2D eigenvalue weighted by molar-refractivity contribution is 9.10. The summed E-state index contributed by atoms with van der Waals surface area (Å²) < 4.78 is 3.12. The SMILES string of the molecule is Cc1nn(C)c(CN(Cc2ccc(N)cc2)C2CC2)c1Br. The van der Waals surface area contributed by atoms with Gasteiger partial charge in [-0.25, -0.2) is 0 Å². The van der Waals surface area contributed by atoms with Gasteiger partial charge in [-0.2, -0.15) is 5.10 Å². The van der Waals surface area contributed by atoms with Crippen LogP contribution in [0.1, 0.15) is 29.8 Å². The molecular formula is C16H21BrN4. The van der Waals surface area contributed by atoms with E-state index in [1.54, 1.807) is 0 Å². The predicted octanol–water partition coefficient (Wildman–Crippen LogP) is 3.24. The molecule has 1 aliphatic rings. The number of aromatic nitrogens is 2. The molecule has 0 bridgehead atoms. The molecule has 21 heavy (non-hydrogen) atoms. The van der Waals surface area contributed by atoms with Crippen molar-refractivity contribution in [1.29, 1.82) is 0 Å². The molecule has 1 saturated carbocycles. The van der Waals surface area contributed by atoms with Gasteiger partial charge < -0.3 is 5.73 Å². The molecule has 0 amide bonds. The topological polar surface area (TPSA) is 47.1 Å². The fourth-order valence-corrected chi connectivity index (χ4v) is 3.12. The molecule has 1 aromatic heterocycles. The van der Waals surface area contributed by atoms with Gasteiger partial charge in [-0.05, 0) is 53.4 Å². The van der Waals surface area contributed by atoms with E-state index in [0.717, 1.165) is 28.9 Å². The van der Waals surface area contributed by atoms with Gasteiger partial charge in [0.2, 0.25) is 0 Å². The minimum Gasteiger partial charge on any atom is -0.399 e. The van der Waals surface area contributed by atoms with Crippen LogP contribution in [0, 0.1) is 6.92 Å². The van der Waals surface area contributed by atoms with Gasteiger partial charge >= 0.3 is 0 Å². The first-order valence-corrected chi connectivity index (χ1v) is 8.10. The fraction of sp³-hybridized carbons (Fsp3) is 0.438. The third kappa shape index (κ3) is 3.30. The van der Waals surface area contributed by atoms with Crippen LogP contribution in [0.5, 0.6) is 0 Å². The van der Waals surface area contributed by atoms with Gasteiger partial charge in [0.15, 0.2) is 0 Å². The van der Waals surface area contributed by atoms with Crippen molar-refractivity contribution in [3.8, 4) is 0 Å². The molecule has 3 rings (SSSR count). The van der Waals surface area contributed by atoms with E-state index in [2.05, 4.69) is 38.1 Å². The second-order valence-electron chi connectivity index (χ2n) is 5.85. The standard InChI is InChI=1S/C16H21BrN4/c1-11-16(17)15(20(2)19-11)10-21(14-7-8-14)9-12-3-5-13(18)6-4-12/h3-6,14H,7-10,18H2,1-2H3. The van der Waals surface area contributed by atoms with Crippen molar-refractivity contribution in [1.82, 2.24) is 14.7 Å². The molecular weight excluding hydrogens is 328 g/mol. The quantitative estimate of drug-likeness (QED) is 0.843. The number of nitrogens with zero attached hydrogens (tertiary/aromatic N) is 3. The van der Waals surface area contributed by atoms with Gasteiger partial charge in [0, 0.05) is 31.9 Å². The van der Waals surface area contributed by atoms with E-state index in [-0.39, 0.29) is 0 Å². The third-order valence-electron chi connectivity index (χ3n) is 4.04. The minimum absolute atomic E-state index is 0.699. The van der Waals surface area contributed by atoms with E-state index >= 15 is 0 Å². The predicted molar refractivity (Wildman–Crippen MR) is 88.8 cm³/mol. The van der Waals surface area contributed by atoms with Gasteiger partial charge in [-0.15, -0.1) is 0 Å². The number of benzene rings is 1. The van der Waals surface area contributed by atoms with Crippen LogP contribution in [0.25, 0.3) is 0 Å². The molecule has 2 N–H and O–H groups in total. The summed E-state index contributed by atoms with van der Waals surface area (Å²) in [6, 6.07) is 8.89. The van der Waals surface area contributed by atoms with Crippen LogP contribution in [0.3, 0.4) is 0 Å². The largest absolute Gasteiger partial charge is 0.399 e. The lowest BCUT2D eigenvalue weighted by molar-refractivity contribution is 0.238. The molecule has 0 atom stereocenters. The highest BCUT2D eigenvalue weighted by atomic mass is 79.9. The Hall–Kier alpha value is -1.33. The second-order valence-corrected chi connectivity index (χ2v) is 6.64. The third-order valence-corrected chi connectivity index (χ3v) is 5.07. The molecule has 112 valence electrons. The van der Waals surface area contributed by atoms with Crippen molar-refractivity contribution < 1.29 is 0 Å². The van der Waals surface area contributed by atoms with E-state index in [1.165, 1.54) is 24.1 Å². The summed E-state index contributed by atoms with van der Waals surface area (Å²) in [6.07, 6.45) is 2.59. The summed E-state index contributed by atoms with van der Waals surface area (Å²) in [7, 11) is 2.02. The Morgan fingerprint density at radius 1 is 1.29 bits per heavy atom. The lowest BCUT2D eigenvalue weighted by Gasteiger charge is -2.22. The molecule has 0 spiro atoms. The van der Waals surface area contributed by atoms with Crippen LogP contribution >= 0.6 is 15.9 Å². The maximum absolute atomic E-state index is 5.76. The highest BCUT2D eigenvalue weighted by Gasteiger charge is 2.30. The molecule has 0 radical (unpaired) electrons. The van der Waals surface area contributed by atoms with Gasteiger partial charge in [0.25, 0.3) is 0 Å². The summed E-state index contributed by atoms with van der Waals surface area (Å²) >= 11 is 3.67. The van der Waals surface area contributed by atoms with E-state index in [9.17, 15) is 0 Å². The van der Waals surface area contributed by atoms with E-state index < -0.39 is 0 Å². The van der Waals surface area contributed by atoms with Crippen LogP contribution in [0.2, 0.25) is 0 Å². The zero-order chi connectivity index (χ0) is 15.0. The van der Waals surface area contributed by atoms with Crippen molar-refractivity contribution >= 4 is 21.6 Å². The van der Waals surface area contributed by atoms with E-state index in [4.69, 9.17) is 5.73 Å². The van der Waals surface area contributed by atoms with Crippen molar-refractivity contribution in [2.45, 2.75) is 38.9 Å². The van der Waals surface area contributed by atoms with Gasteiger partial charge in [-0.1, -0.05) is 12.1 Å². The number of nitrogens with two attached hydrogens (primary N) is 1. The minimum atomic E-state index is 0.699. The smallest absolute Gasteiger partial charge is 0.0739 e. The molecule has 1 heterocycles. The summed E-state index contributed by atoms with van der Waals surface area (Å²) in [5.41, 5.74) is 10.2. The first-order valence-electron chi connectivity index (χ1n) is 7.31. The van der Waals surface area contributed by atoms with E-state index in [1.807, 2.05) is 30.8 Å².